The van der Waals surface area contributed by atoms with Crippen molar-refractivity contribution in [2.24, 2.45) is 5.73 Å². The summed E-state index contributed by atoms with van der Waals surface area (Å²) in [6.45, 7) is 3.16. The van der Waals surface area contributed by atoms with Crippen LogP contribution in [0.2, 0.25) is 5.02 Å². The lowest BCUT2D eigenvalue weighted by Crippen LogP contribution is -2.52. The fourth-order valence-electron chi connectivity index (χ4n) is 2.21. The Bertz CT molecular complexity index is 779. The topological polar surface area (TPSA) is 72.2 Å². The normalized spacial score (nSPS) is 13.2. The third-order valence-electron chi connectivity index (χ3n) is 3.70. The average molecular weight is 335 g/mol. The van der Waals surface area contributed by atoms with Gasteiger partial charge in [-0.3, -0.25) is 9.59 Å². The van der Waals surface area contributed by atoms with Gasteiger partial charge in [-0.25, -0.2) is 4.39 Å². The molecule has 0 spiro atoms. The van der Waals surface area contributed by atoms with Gasteiger partial charge in [0.1, 0.15) is 11.4 Å². The van der Waals surface area contributed by atoms with E-state index in [-0.39, 0.29) is 5.56 Å². The molecule has 120 valence electrons. The van der Waals surface area contributed by atoms with Gasteiger partial charge in [-0.1, -0.05) is 29.8 Å². The van der Waals surface area contributed by atoms with E-state index in [1.54, 1.807) is 31.2 Å². The first-order valence-corrected chi connectivity index (χ1v) is 7.26. The second-order valence-electron chi connectivity index (χ2n) is 5.41. The molecule has 4 nitrogen and oxygen atoms in total. The van der Waals surface area contributed by atoms with Crippen molar-refractivity contribution in [3.05, 3.63) is 70.0 Å². The molecule has 6 heteroatoms. The highest BCUT2D eigenvalue weighted by molar-refractivity contribution is 6.30. The molecule has 2 aromatic rings. The van der Waals surface area contributed by atoms with E-state index >= 15 is 0 Å². The van der Waals surface area contributed by atoms with Crippen LogP contribution in [0.4, 0.5) is 4.39 Å². The van der Waals surface area contributed by atoms with Crippen LogP contribution in [-0.4, -0.2) is 11.8 Å². The first kappa shape index (κ1) is 17.0. The molecule has 0 radical (unpaired) electrons. The molecule has 1 atom stereocenters. The van der Waals surface area contributed by atoms with Gasteiger partial charge in [-0.2, -0.15) is 0 Å². The van der Waals surface area contributed by atoms with Crippen LogP contribution in [0.15, 0.2) is 42.5 Å². The Hall–Kier alpha value is -2.40. The van der Waals surface area contributed by atoms with E-state index in [0.717, 1.165) is 6.07 Å². The van der Waals surface area contributed by atoms with Crippen LogP contribution in [0.1, 0.15) is 28.4 Å². The summed E-state index contributed by atoms with van der Waals surface area (Å²) in [5.74, 6) is -1.88. The number of nitrogens with two attached hydrogens (primary N) is 1. The molecule has 0 saturated heterocycles. The Kier molecular flexibility index (Phi) is 4.71. The zero-order chi connectivity index (χ0) is 17.2. The van der Waals surface area contributed by atoms with Crippen molar-refractivity contribution >= 4 is 23.4 Å². The molecule has 0 saturated carbocycles. The molecule has 0 fully saturated rings. The average Bonchev–Trinajstić information content (AvgIpc) is 2.49. The summed E-state index contributed by atoms with van der Waals surface area (Å²) in [7, 11) is 0. The third-order valence-corrected chi connectivity index (χ3v) is 3.94. The van der Waals surface area contributed by atoms with E-state index in [1.807, 2.05) is 0 Å². The number of carbonyl (C=O) groups excluding carboxylic acids is 2. The summed E-state index contributed by atoms with van der Waals surface area (Å²) in [5.41, 5.74) is 5.17. The predicted octanol–water partition coefficient (Wildman–Crippen LogP) is 2.92. The van der Waals surface area contributed by atoms with Crippen LogP contribution < -0.4 is 11.1 Å². The van der Waals surface area contributed by atoms with E-state index in [1.165, 1.54) is 19.1 Å². The summed E-state index contributed by atoms with van der Waals surface area (Å²) in [4.78, 5) is 24.4. The van der Waals surface area contributed by atoms with Crippen molar-refractivity contribution < 1.29 is 14.0 Å². The third kappa shape index (κ3) is 3.51. The Labute approximate surface area is 138 Å². The summed E-state index contributed by atoms with van der Waals surface area (Å²) in [6.07, 6.45) is 0. The minimum absolute atomic E-state index is 0.138. The van der Waals surface area contributed by atoms with Crippen molar-refractivity contribution in [1.82, 2.24) is 5.32 Å². The molecule has 0 unspecified atom stereocenters. The number of carbonyl (C=O) groups is 2. The SMILES string of the molecule is Cc1ccc(F)cc1C(=O)N[C@](C)(C(N)=O)c1cccc(Cl)c1. The Balaban J connectivity index is 2.42. The molecular weight excluding hydrogens is 319 g/mol. The minimum atomic E-state index is -1.47. The standard InChI is InChI=1S/C17H16ClFN2O2/c1-10-6-7-13(19)9-14(10)15(22)21-17(2,16(20)23)11-4-3-5-12(18)8-11/h3-9H,1-2H3,(H2,20,23)(H,21,22)/t17-/m0/s1. The van der Waals surface area contributed by atoms with Gasteiger partial charge in [-0.05, 0) is 49.2 Å². The van der Waals surface area contributed by atoms with E-state index < -0.39 is 23.2 Å². The first-order valence-electron chi connectivity index (χ1n) is 6.88. The summed E-state index contributed by atoms with van der Waals surface area (Å²) in [5, 5.41) is 2.99. The molecule has 2 rings (SSSR count). The van der Waals surface area contributed by atoms with Gasteiger partial charge in [0.05, 0.1) is 0 Å². The zero-order valence-electron chi connectivity index (χ0n) is 12.7. The first-order chi connectivity index (χ1) is 10.7. The maximum Gasteiger partial charge on any atom is 0.252 e. The van der Waals surface area contributed by atoms with Crippen molar-refractivity contribution in [3.63, 3.8) is 0 Å². The quantitative estimate of drug-likeness (QED) is 0.902. The van der Waals surface area contributed by atoms with Gasteiger partial charge < -0.3 is 11.1 Å². The number of hydrogen-bond acceptors (Lipinski definition) is 2. The maximum atomic E-state index is 13.4. The smallest absolute Gasteiger partial charge is 0.252 e. The van der Waals surface area contributed by atoms with Crippen LogP contribution in [-0.2, 0) is 10.3 Å². The lowest BCUT2D eigenvalue weighted by atomic mass is 9.90. The highest BCUT2D eigenvalue weighted by atomic mass is 35.5. The second kappa shape index (κ2) is 6.38. The molecule has 2 aromatic carbocycles. The number of primary amides is 1. The van der Waals surface area contributed by atoms with E-state index in [9.17, 15) is 14.0 Å². The molecule has 0 aliphatic heterocycles. The molecule has 3 N–H and O–H groups in total. The van der Waals surface area contributed by atoms with Crippen molar-refractivity contribution in [2.75, 3.05) is 0 Å². The lowest BCUT2D eigenvalue weighted by molar-refractivity contribution is -0.123. The number of amides is 2. The molecule has 0 bridgehead atoms. The van der Waals surface area contributed by atoms with Gasteiger partial charge in [0.15, 0.2) is 0 Å². The van der Waals surface area contributed by atoms with Crippen molar-refractivity contribution in [2.45, 2.75) is 19.4 Å². The van der Waals surface area contributed by atoms with Gasteiger partial charge in [0.25, 0.3) is 5.91 Å². The van der Waals surface area contributed by atoms with Gasteiger partial charge in [0.2, 0.25) is 5.91 Å². The Morgan fingerprint density at radius 3 is 2.52 bits per heavy atom. The molecule has 2 amide bonds. The summed E-state index contributed by atoms with van der Waals surface area (Å²) >= 11 is 5.94. The summed E-state index contributed by atoms with van der Waals surface area (Å²) in [6, 6.07) is 10.3. The van der Waals surface area contributed by atoms with Crippen molar-refractivity contribution in [3.8, 4) is 0 Å². The molecule has 0 aliphatic rings. The van der Waals surface area contributed by atoms with Crippen LogP contribution in [0.3, 0.4) is 0 Å². The number of nitrogens with one attached hydrogen (secondary N) is 1. The van der Waals surface area contributed by atoms with E-state index in [0.29, 0.717) is 16.1 Å². The molecule has 23 heavy (non-hydrogen) atoms. The lowest BCUT2D eigenvalue weighted by Gasteiger charge is -2.28. The van der Waals surface area contributed by atoms with Crippen LogP contribution in [0, 0.1) is 12.7 Å². The Morgan fingerprint density at radius 2 is 1.91 bits per heavy atom. The van der Waals surface area contributed by atoms with Crippen LogP contribution in [0.25, 0.3) is 0 Å². The number of hydrogen-bond donors (Lipinski definition) is 2. The second-order valence-corrected chi connectivity index (χ2v) is 5.85. The highest BCUT2D eigenvalue weighted by Gasteiger charge is 2.35. The van der Waals surface area contributed by atoms with E-state index in [2.05, 4.69) is 5.32 Å². The maximum absolute atomic E-state index is 13.4. The van der Waals surface area contributed by atoms with Gasteiger partial charge in [-0.15, -0.1) is 0 Å². The number of benzene rings is 2. The van der Waals surface area contributed by atoms with Crippen molar-refractivity contribution in [1.29, 1.82) is 0 Å². The van der Waals surface area contributed by atoms with Gasteiger partial charge in [0, 0.05) is 10.6 Å². The fourth-order valence-corrected chi connectivity index (χ4v) is 2.40. The monoisotopic (exact) mass is 334 g/mol. The molecule has 0 heterocycles. The highest BCUT2D eigenvalue weighted by Crippen LogP contribution is 2.24. The number of aryl methyl sites for hydroxylation is 1. The van der Waals surface area contributed by atoms with Gasteiger partial charge >= 0.3 is 0 Å². The zero-order valence-corrected chi connectivity index (χ0v) is 13.4. The fraction of sp³-hybridized carbons (Fsp3) is 0.176. The minimum Gasteiger partial charge on any atom is -0.367 e. The van der Waals surface area contributed by atoms with E-state index in [4.69, 9.17) is 17.3 Å². The number of halogens is 2. The van der Waals surface area contributed by atoms with Crippen LogP contribution >= 0.6 is 11.6 Å². The van der Waals surface area contributed by atoms with Crippen LogP contribution in [0.5, 0.6) is 0 Å². The Morgan fingerprint density at radius 1 is 1.22 bits per heavy atom. The number of rotatable bonds is 4. The predicted molar refractivity (Wildman–Crippen MR) is 86.6 cm³/mol. The molecular formula is C17H16ClFN2O2. The largest absolute Gasteiger partial charge is 0.367 e. The molecule has 0 aromatic heterocycles. The molecule has 0 aliphatic carbocycles. The summed E-state index contributed by atoms with van der Waals surface area (Å²) < 4.78 is 13.4.